The summed E-state index contributed by atoms with van der Waals surface area (Å²) in [5.41, 5.74) is 0.825. The number of carbonyl (C=O) groups excluding carboxylic acids is 1. The first-order valence-corrected chi connectivity index (χ1v) is 13.7. The van der Waals surface area contributed by atoms with Crippen LogP contribution in [0.2, 0.25) is 10.0 Å². The van der Waals surface area contributed by atoms with E-state index in [0.717, 1.165) is 24.2 Å². The van der Waals surface area contributed by atoms with Gasteiger partial charge in [-0.1, -0.05) is 35.3 Å². The first kappa shape index (κ1) is 26.0. The average molecular weight is 557 g/mol. The van der Waals surface area contributed by atoms with E-state index < -0.39 is 16.4 Å². The topological polar surface area (TPSA) is 144 Å². The third-order valence-electron chi connectivity index (χ3n) is 5.66. The number of nitrogens with two attached hydrogens (primary N) is 1. The number of nitrogens with zero attached hydrogens (tertiary/aromatic N) is 2. The summed E-state index contributed by atoms with van der Waals surface area (Å²) in [5, 5.41) is 19.7. The molecule has 186 valence electrons. The van der Waals surface area contributed by atoms with E-state index in [2.05, 4.69) is 15.3 Å². The summed E-state index contributed by atoms with van der Waals surface area (Å²) in [7, 11) is -3.98. The summed E-state index contributed by atoms with van der Waals surface area (Å²) in [6.07, 6.45) is 3.85. The van der Waals surface area contributed by atoms with Gasteiger partial charge >= 0.3 is 10.3 Å². The molecule has 0 saturated heterocycles. The minimum Gasteiger partial charge on any atom is -0.383 e. The van der Waals surface area contributed by atoms with Gasteiger partial charge < -0.3 is 10.4 Å². The van der Waals surface area contributed by atoms with Crippen LogP contribution in [0.4, 0.5) is 5.82 Å². The first-order chi connectivity index (χ1) is 16.6. The Kier molecular flexibility index (Phi) is 8.06. The number of carbonyl (C=O) groups is 1. The van der Waals surface area contributed by atoms with E-state index in [1.165, 1.54) is 18.6 Å². The molecule has 3 atom stereocenters. The van der Waals surface area contributed by atoms with Gasteiger partial charge in [0.25, 0.3) is 0 Å². The summed E-state index contributed by atoms with van der Waals surface area (Å²) in [6, 6.07) is 8.28. The fourth-order valence-corrected chi connectivity index (χ4v) is 5.99. The number of thiophene rings is 1. The fraction of sp³-hybridized carbons (Fsp3) is 0.318. The monoisotopic (exact) mass is 556 g/mol. The number of nitrogens with one attached hydrogen (secondary N) is 1. The molecule has 1 aliphatic carbocycles. The minimum absolute atomic E-state index is 0.0119. The Morgan fingerprint density at radius 1 is 1.31 bits per heavy atom. The highest BCUT2D eigenvalue weighted by Gasteiger charge is 2.28. The lowest BCUT2D eigenvalue weighted by atomic mass is 10.1. The Morgan fingerprint density at radius 3 is 2.86 bits per heavy atom. The maximum atomic E-state index is 13.3. The molecule has 2 aromatic heterocycles. The van der Waals surface area contributed by atoms with Crippen molar-refractivity contribution < 1.29 is 22.5 Å². The zero-order chi connectivity index (χ0) is 25.2. The normalized spacial score (nSPS) is 19.0. The number of ketones is 1. The van der Waals surface area contributed by atoms with Crippen LogP contribution in [0, 0.1) is 5.92 Å². The van der Waals surface area contributed by atoms with Gasteiger partial charge in [0.15, 0.2) is 0 Å². The maximum absolute atomic E-state index is 13.3. The van der Waals surface area contributed by atoms with Crippen molar-refractivity contribution in [2.45, 2.75) is 31.4 Å². The molecule has 1 aliphatic rings. The molecule has 1 aromatic carbocycles. The van der Waals surface area contributed by atoms with Gasteiger partial charge in [-0.3, -0.25) is 8.98 Å². The zero-order valence-electron chi connectivity index (χ0n) is 18.2. The van der Waals surface area contributed by atoms with Crippen LogP contribution >= 0.6 is 34.5 Å². The second-order valence-corrected chi connectivity index (χ2v) is 11.3. The summed E-state index contributed by atoms with van der Waals surface area (Å²) in [5.74, 6) is 0.0413. The number of aliphatic hydroxyl groups is 1. The highest BCUT2D eigenvalue weighted by atomic mass is 35.5. The van der Waals surface area contributed by atoms with Crippen molar-refractivity contribution in [3.8, 4) is 0 Å². The number of hydrogen-bond donors (Lipinski definition) is 3. The summed E-state index contributed by atoms with van der Waals surface area (Å²) < 4.78 is 26.8. The fourth-order valence-electron chi connectivity index (χ4n) is 3.99. The predicted octanol–water partition coefficient (Wildman–Crippen LogP) is 3.96. The Labute approximate surface area is 216 Å². The van der Waals surface area contributed by atoms with Gasteiger partial charge in [0, 0.05) is 17.3 Å². The van der Waals surface area contributed by atoms with Crippen molar-refractivity contribution in [2.75, 3.05) is 11.9 Å². The van der Waals surface area contributed by atoms with E-state index in [-0.39, 0.29) is 34.9 Å². The lowest BCUT2D eigenvalue weighted by Gasteiger charge is -2.15. The smallest absolute Gasteiger partial charge is 0.333 e. The first-order valence-electron chi connectivity index (χ1n) is 10.6. The van der Waals surface area contributed by atoms with Crippen molar-refractivity contribution in [3.63, 3.8) is 0 Å². The Balaban J connectivity index is 1.49. The van der Waals surface area contributed by atoms with E-state index >= 15 is 0 Å². The molecule has 4 rings (SSSR count). The SMILES string of the molecule is NS(=O)(=O)OC[C@@H]1CC[C@H](Nc2ncncc2C(=O)c2cc(Cl)c(C(O)c3cccc(Cl)c3)s2)C1. The zero-order valence-corrected chi connectivity index (χ0v) is 21.4. The number of hydrogen-bond acceptors (Lipinski definition) is 9. The number of aliphatic hydroxyl groups excluding tert-OH is 1. The molecular formula is C22H22Cl2N4O5S2. The predicted molar refractivity (Wildman–Crippen MR) is 134 cm³/mol. The summed E-state index contributed by atoms with van der Waals surface area (Å²) in [4.78, 5) is 22.3. The van der Waals surface area contributed by atoms with Gasteiger partial charge in [-0.25, -0.2) is 15.1 Å². The van der Waals surface area contributed by atoms with E-state index in [0.29, 0.717) is 32.6 Å². The average Bonchev–Trinajstić information content (AvgIpc) is 3.43. The number of halogens is 2. The van der Waals surface area contributed by atoms with Crippen LogP contribution in [0.15, 0.2) is 42.9 Å². The standard InChI is InChI=1S/C22H22Cl2N4O5S2/c23-14-3-1-2-13(7-14)19(29)21-17(24)8-18(34-21)20(30)16-9-26-11-27-22(16)28-15-5-4-12(6-15)10-33-35(25,31)32/h1-3,7-9,11-12,15,19,29H,4-6,10H2,(H2,25,31,32)(H,26,27,28)/t12-,15+,19?/m1/s1. The van der Waals surface area contributed by atoms with Crippen molar-refractivity contribution in [3.05, 3.63) is 73.8 Å². The molecule has 1 saturated carbocycles. The molecule has 0 aliphatic heterocycles. The largest absolute Gasteiger partial charge is 0.383 e. The molecule has 0 bridgehead atoms. The van der Waals surface area contributed by atoms with Crippen LogP contribution in [0.1, 0.15) is 51.0 Å². The second-order valence-electron chi connectivity index (χ2n) is 8.19. The van der Waals surface area contributed by atoms with Crippen LogP contribution in [-0.2, 0) is 14.5 Å². The van der Waals surface area contributed by atoms with Gasteiger partial charge in [0.2, 0.25) is 5.78 Å². The molecule has 13 heteroatoms. The Morgan fingerprint density at radius 2 is 2.11 bits per heavy atom. The van der Waals surface area contributed by atoms with Gasteiger partial charge in [0.1, 0.15) is 18.2 Å². The van der Waals surface area contributed by atoms with Crippen LogP contribution in [0.3, 0.4) is 0 Å². The van der Waals surface area contributed by atoms with E-state index in [1.54, 1.807) is 24.3 Å². The lowest BCUT2D eigenvalue weighted by Crippen LogP contribution is -2.22. The number of benzene rings is 1. The van der Waals surface area contributed by atoms with Crippen molar-refractivity contribution >= 4 is 56.4 Å². The second kappa shape index (κ2) is 10.9. The van der Waals surface area contributed by atoms with Crippen molar-refractivity contribution in [2.24, 2.45) is 11.1 Å². The molecule has 4 N–H and O–H groups in total. The molecule has 0 amide bonds. The third-order valence-corrected chi connectivity index (χ3v) is 7.97. The molecule has 35 heavy (non-hydrogen) atoms. The number of anilines is 1. The molecular weight excluding hydrogens is 535 g/mol. The third kappa shape index (κ3) is 6.56. The molecule has 0 spiro atoms. The van der Waals surface area contributed by atoms with E-state index in [1.807, 2.05) is 0 Å². The number of aromatic nitrogens is 2. The van der Waals surface area contributed by atoms with Gasteiger partial charge in [-0.2, -0.15) is 8.42 Å². The lowest BCUT2D eigenvalue weighted by molar-refractivity contribution is 0.104. The maximum Gasteiger partial charge on any atom is 0.333 e. The Bertz CT molecular complexity index is 1330. The molecule has 2 heterocycles. The van der Waals surface area contributed by atoms with Crippen molar-refractivity contribution in [1.29, 1.82) is 0 Å². The van der Waals surface area contributed by atoms with Gasteiger partial charge in [0.05, 0.1) is 26.9 Å². The summed E-state index contributed by atoms with van der Waals surface area (Å²) in [6.45, 7) is 0.0119. The van der Waals surface area contributed by atoms with Gasteiger partial charge in [-0.05, 0) is 48.9 Å². The molecule has 0 radical (unpaired) electrons. The molecule has 9 nitrogen and oxygen atoms in total. The van der Waals surface area contributed by atoms with E-state index in [9.17, 15) is 18.3 Å². The Hall–Kier alpha value is -2.12. The molecule has 1 unspecified atom stereocenters. The summed E-state index contributed by atoms with van der Waals surface area (Å²) >= 11 is 13.5. The molecule has 1 fully saturated rings. The van der Waals surface area contributed by atoms with E-state index in [4.69, 9.17) is 32.5 Å². The number of rotatable bonds is 9. The van der Waals surface area contributed by atoms with Crippen LogP contribution in [-0.4, -0.2) is 41.9 Å². The highest BCUT2D eigenvalue weighted by molar-refractivity contribution is 7.84. The van der Waals surface area contributed by atoms with Crippen LogP contribution in [0.25, 0.3) is 0 Å². The highest BCUT2D eigenvalue weighted by Crippen LogP contribution is 2.37. The minimum atomic E-state index is -3.98. The van der Waals surface area contributed by atoms with Crippen LogP contribution < -0.4 is 10.5 Å². The van der Waals surface area contributed by atoms with Gasteiger partial charge in [-0.15, -0.1) is 11.3 Å². The quantitative estimate of drug-likeness (QED) is 0.336. The molecule has 3 aromatic rings. The van der Waals surface area contributed by atoms with Crippen molar-refractivity contribution in [1.82, 2.24) is 9.97 Å². The van der Waals surface area contributed by atoms with Crippen LogP contribution in [0.5, 0.6) is 0 Å².